The van der Waals surface area contributed by atoms with Gasteiger partial charge in [0.25, 0.3) is 0 Å². The van der Waals surface area contributed by atoms with Crippen molar-refractivity contribution in [3.05, 3.63) is 12.2 Å². The molecular weight excluding hydrogens is 284 g/mol. The number of hydrogen-bond acceptors (Lipinski definition) is 5. The average Bonchev–Trinajstić information content (AvgIpc) is 2.56. The first-order valence-electron chi connectivity index (χ1n) is 8.01. The molecule has 0 bridgehead atoms. The van der Waals surface area contributed by atoms with Gasteiger partial charge in [0.1, 0.15) is 0 Å². The smallest absolute Gasteiger partial charge is 0.305 e. The van der Waals surface area contributed by atoms with Gasteiger partial charge in [-0.25, -0.2) is 0 Å². The summed E-state index contributed by atoms with van der Waals surface area (Å²) in [4.78, 5) is 27.5. The van der Waals surface area contributed by atoms with Gasteiger partial charge >= 0.3 is 5.97 Å². The van der Waals surface area contributed by atoms with E-state index in [-0.39, 0.29) is 11.9 Å². The summed E-state index contributed by atoms with van der Waals surface area (Å²) in [5.74, 6) is 0.258. The summed E-state index contributed by atoms with van der Waals surface area (Å²) in [5.41, 5.74) is 0. The number of ether oxygens (including phenoxy) is 2. The van der Waals surface area contributed by atoms with E-state index in [0.29, 0.717) is 12.3 Å². The molecule has 0 N–H and O–H groups in total. The van der Waals surface area contributed by atoms with E-state index in [0.717, 1.165) is 58.8 Å². The predicted octanol–water partition coefficient (Wildman–Crippen LogP) is 0.677. The zero-order valence-electron chi connectivity index (χ0n) is 13.3. The van der Waals surface area contributed by atoms with E-state index in [1.807, 2.05) is 11.0 Å². The number of esters is 1. The largest absolute Gasteiger partial charge is 0.469 e. The molecular formula is C16H26N2O4. The SMILES string of the molecule is COC(=O)CC1CCN(C(=O)C=CCN2CCOCC2)CC1. The Morgan fingerprint density at radius 2 is 1.86 bits per heavy atom. The number of piperidine rings is 1. The monoisotopic (exact) mass is 310 g/mol. The Morgan fingerprint density at radius 1 is 1.18 bits per heavy atom. The quantitative estimate of drug-likeness (QED) is 0.552. The van der Waals surface area contributed by atoms with Gasteiger partial charge in [-0.05, 0) is 18.8 Å². The second kappa shape index (κ2) is 8.90. The predicted molar refractivity (Wildman–Crippen MR) is 82.3 cm³/mol. The lowest BCUT2D eigenvalue weighted by Crippen LogP contribution is -2.38. The van der Waals surface area contributed by atoms with Crippen LogP contribution in [0.25, 0.3) is 0 Å². The number of morpholine rings is 1. The van der Waals surface area contributed by atoms with Crippen LogP contribution in [-0.4, -0.2) is 74.7 Å². The molecule has 2 fully saturated rings. The number of carbonyl (C=O) groups is 2. The van der Waals surface area contributed by atoms with Crippen LogP contribution in [0.5, 0.6) is 0 Å². The molecule has 0 aromatic rings. The fourth-order valence-corrected chi connectivity index (χ4v) is 2.87. The summed E-state index contributed by atoms with van der Waals surface area (Å²) in [6.45, 7) is 5.65. The number of methoxy groups -OCH3 is 1. The molecule has 6 heteroatoms. The average molecular weight is 310 g/mol. The molecule has 2 rings (SSSR count). The number of likely N-dealkylation sites (tertiary alicyclic amines) is 1. The number of rotatable bonds is 5. The molecule has 0 unspecified atom stereocenters. The first-order valence-corrected chi connectivity index (χ1v) is 8.01. The lowest BCUT2D eigenvalue weighted by atomic mass is 9.93. The highest BCUT2D eigenvalue weighted by molar-refractivity contribution is 5.87. The van der Waals surface area contributed by atoms with Gasteiger partial charge in [0.05, 0.1) is 20.3 Å². The molecule has 0 aliphatic carbocycles. The van der Waals surface area contributed by atoms with Crippen molar-refractivity contribution in [1.29, 1.82) is 0 Å². The summed E-state index contributed by atoms with van der Waals surface area (Å²) in [6.07, 6.45) is 5.83. The molecule has 2 saturated heterocycles. The molecule has 6 nitrogen and oxygen atoms in total. The maximum Gasteiger partial charge on any atom is 0.305 e. The molecule has 22 heavy (non-hydrogen) atoms. The molecule has 0 aromatic heterocycles. The molecule has 0 saturated carbocycles. The number of carbonyl (C=O) groups excluding carboxylic acids is 2. The second-order valence-corrected chi connectivity index (χ2v) is 5.86. The van der Waals surface area contributed by atoms with Crippen LogP contribution in [-0.2, 0) is 19.1 Å². The van der Waals surface area contributed by atoms with Crippen molar-refractivity contribution in [1.82, 2.24) is 9.80 Å². The van der Waals surface area contributed by atoms with E-state index in [1.54, 1.807) is 6.08 Å². The summed E-state index contributed by atoms with van der Waals surface area (Å²) in [6, 6.07) is 0. The molecule has 0 radical (unpaired) electrons. The number of amides is 1. The van der Waals surface area contributed by atoms with Gasteiger partial charge < -0.3 is 14.4 Å². The van der Waals surface area contributed by atoms with E-state index in [1.165, 1.54) is 7.11 Å². The summed E-state index contributed by atoms with van der Waals surface area (Å²) in [5, 5.41) is 0. The summed E-state index contributed by atoms with van der Waals surface area (Å²) < 4.78 is 9.99. The highest BCUT2D eigenvalue weighted by Gasteiger charge is 2.23. The molecule has 0 aromatic carbocycles. The molecule has 2 aliphatic rings. The Labute approximate surface area is 132 Å². The number of hydrogen-bond donors (Lipinski definition) is 0. The zero-order chi connectivity index (χ0) is 15.8. The molecule has 2 aliphatic heterocycles. The third-order valence-electron chi connectivity index (χ3n) is 4.34. The Bertz CT molecular complexity index is 397. The second-order valence-electron chi connectivity index (χ2n) is 5.86. The molecule has 1 amide bonds. The number of nitrogens with zero attached hydrogens (tertiary/aromatic N) is 2. The van der Waals surface area contributed by atoms with Crippen LogP contribution in [0.3, 0.4) is 0 Å². The van der Waals surface area contributed by atoms with Gasteiger partial charge in [-0.1, -0.05) is 6.08 Å². The van der Waals surface area contributed by atoms with Crippen molar-refractivity contribution in [2.45, 2.75) is 19.3 Å². The van der Waals surface area contributed by atoms with Crippen LogP contribution in [0.1, 0.15) is 19.3 Å². The van der Waals surface area contributed by atoms with Crippen molar-refractivity contribution in [2.75, 3.05) is 53.0 Å². The third-order valence-corrected chi connectivity index (χ3v) is 4.34. The van der Waals surface area contributed by atoms with Gasteiger partial charge in [-0.15, -0.1) is 0 Å². The van der Waals surface area contributed by atoms with Gasteiger partial charge in [-0.2, -0.15) is 0 Å². The van der Waals surface area contributed by atoms with Crippen LogP contribution in [0.4, 0.5) is 0 Å². The van der Waals surface area contributed by atoms with Crippen molar-refractivity contribution < 1.29 is 19.1 Å². The maximum absolute atomic E-state index is 12.1. The molecule has 2 heterocycles. The van der Waals surface area contributed by atoms with Gasteiger partial charge in [0.2, 0.25) is 5.91 Å². The van der Waals surface area contributed by atoms with E-state index < -0.39 is 0 Å². The summed E-state index contributed by atoms with van der Waals surface area (Å²) >= 11 is 0. The zero-order valence-corrected chi connectivity index (χ0v) is 13.3. The Kier molecular flexibility index (Phi) is 6.86. The minimum absolute atomic E-state index is 0.0739. The fraction of sp³-hybridized carbons (Fsp3) is 0.750. The van der Waals surface area contributed by atoms with E-state index in [9.17, 15) is 9.59 Å². The van der Waals surface area contributed by atoms with Crippen LogP contribution in [0, 0.1) is 5.92 Å². The summed E-state index contributed by atoms with van der Waals surface area (Å²) in [7, 11) is 1.42. The van der Waals surface area contributed by atoms with Crippen LogP contribution >= 0.6 is 0 Å². The minimum Gasteiger partial charge on any atom is -0.469 e. The Balaban J connectivity index is 1.67. The van der Waals surface area contributed by atoms with Gasteiger partial charge in [0.15, 0.2) is 0 Å². The highest BCUT2D eigenvalue weighted by Crippen LogP contribution is 2.21. The lowest BCUT2D eigenvalue weighted by molar-refractivity contribution is -0.142. The fourth-order valence-electron chi connectivity index (χ4n) is 2.87. The van der Waals surface area contributed by atoms with Crippen LogP contribution in [0.2, 0.25) is 0 Å². The van der Waals surface area contributed by atoms with Crippen molar-refractivity contribution in [2.24, 2.45) is 5.92 Å². The van der Waals surface area contributed by atoms with E-state index >= 15 is 0 Å². The van der Waals surface area contributed by atoms with Crippen molar-refractivity contribution in [3.63, 3.8) is 0 Å². The van der Waals surface area contributed by atoms with Crippen molar-refractivity contribution in [3.8, 4) is 0 Å². The first-order chi connectivity index (χ1) is 10.7. The lowest BCUT2D eigenvalue weighted by Gasteiger charge is -2.31. The van der Waals surface area contributed by atoms with Gasteiger partial charge in [-0.3, -0.25) is 14.5 Å². The molecule has 0 atom stereocenters. The van der Waals surface area contributed by atoms with Crippen LogP contribution in [0.15, 0.2) is 12.2 Å². The third kappa shape index (κ3) is 5.42. The molecule has 124 valence electrons. The van der Waals surface area contributed by atoms with E-state index in [4.69, 9.17) is 9.47 Å². The highest BCUT2D eigenvalue weighted by atomic mass is 16.5. The maximum atomic E-state index is 12.1. The normalized spacial score (nSPS) is 21.2. The Hall–Kier alpha value is -1.40. The Morgan fingerprint density at radius 3 is 2.50 bits per heavy atom. The first kappa shape index (κ1) is 17.0. The molecule has 0 spiro atoms. The van der Waals surface area contributed by atoms with Crippen molar-refractivity contribution >= 4 is 11.9 Å². The van der Waals surface area contributed by atoms with E-state index in [2.05, 4.69) is 4.90 Å². The standard InChI is InChI=1S/C16H26N2O4/c1-21-16(20)13-14-4-7-18(8-5-14)15(19)3-2-6-17-9-11-22-12-10-17/h2-3,14H,4-13H2,1H3. The minimum atomic E-state index is -0.157. The van der Waals surface area contributed by atoms with Gasteiger partial charge in [0, 0.05) is 45.2 Å². The topological polar surface area (TPSA) is 59.1 Å². The van der Waals surface area contributed by atoms with Crippen LogP contribution < -0.4 is 0 Å².